The summed E-state index contributed by atoms with van der Waals surface area (Å²) in [5, 5.41) is 13.5. The third kappa shape index (κ3) is 5.66. The summed E-state index contributed by atoms with van der Waals surface area (Å²) in [7, 11) is 0. The summed E-state index contributed by atoms with van der Waals surface area (Å²) in [6.45, 7) is 12.5. The van der Waals surface area contributed by atoms with Gasteiger partial charge in [0.25, 0.3) is 0 Å². The molecule has 0 bridgehead atoms. The van der Waals surface area contributed by atoms with E-state index in [0.29, 0.717) is 5.82 Å². The molecule has 0 atom stereocenters. The van der Waals surface area contributed by atoms with Gasteiger partial charge in [-0.15, -0.1) is 0 Å². The van der Waals surface area contributed by atoms with Gasteiger partial charge in [0.15, 0.2) is 5.75 Å². The molecule has 1 N–H and O–H groups in total. The highest BCUT2D eigenvalue weighted by Crippen LogP contribution is 2.42. The Labute approximate surface area is 237 Å². The van der Waals surface area contributed by atoms with E-state index in [2.05, 4.69) is 70.2 Å². The minimum absolute atomic E-state index is 0.101. The smallest absolute Gasteiger partial charge is 0.186 e. The molecule has 0 saturated carbocycles. The summed E-state index contributed by atoms with van der Waals surface area (Å²) >= 11 is 0. The first kappa shape index (κ1) is 26.9. The number of nitrogens with zero attached hydrogens (tertiary/aromatic N) is 1. The SMILES string of the molecule is CC(C)(C)c1cc(-c2nc3c(C#Cc4ccccc4)ccc(C#Cc4ccccc4)c3[nH]2)cc(C(C)(C)C)c1[O]. The van der Waals surface area contributed by atoms with Gasteiger partial charge >= 0.3 is 0 Å². The zero-order valence-electron chi connectivity index (χ0n) is 23.9. The minimum Gasteiger partial charge on any atom is -0.337 e. The Morgan fingerprint density at radius 3 is 1.60 bits per heavy atom. The molecule has 0 amide bonds. The number of hydrogen-bond acceptors (Lipinski definition) is 1. The van der Waals surface area contributed by atoms with Crippen molar-refractivity contribution >= 4 is 11.0 Å². The lowest BCUT2D eigenvalue weighted by molar-refractivity contribution is 0.327. The number of hydrogen-bond donors (Lipinski definition) is 1. The number of nitrogens with one attached hydrogen (secondary N) is 1. The van der Waals surface area contributed by atoms with Gasteiger partial charge in [-0.2, -0.15) is 0 Å². The summed E-state index contributed by atoms with van der Waals surface area (Å²) in [6, 6.07) is 27.8. The van der Waals surface area contributed by atoms with Crippen LogP contribution in [0, 0.1) is 23.7 Å². The van der Waals surface area contributed by atoms with Gasteiger partial charge in [0.2, 0.25) is 0 Å². The van der Waals surface area contributed by atoms with Crippen molar-refractivity contribution in [1.82, 2.24) is 9.97 Å². The molecular formula is C37H33N2O. The molecule has 3 nitrogen and oxygen atoms in total. The Morgan fingerprint density at radius 1 is 0.625 bits per heavy atom. The average Bonchev–Trinajstić information content (AvgIpc) is 3.37. The van der Waals surface area contributed by atoms with Crippen LogP contribution in [0.15, 0.2) is 84.9 Å². The van der Waals surface area contributed by atoms with E-state index >= 15 is 0 Å². The van der Waals surface area contributed by atoms with E-state index in [4.69, 9.17) is 4.98 Å². The van der Waals surface area contributed by atoms with Gasteiger partial charge in [0.1, 0.15) is 11.3 Å². The van der Waals surface area contributed by atoms with E-state index in [0.717, 1.165) is 50.0 Å². The van der Waals surface area contributed by atoms with Crippen molar-refractivity contribution in [1.29, 1.82) is 0 Å². The predicted molar refractivity (Wildman–Crippen MR) is 164 cm³/mol. The molecular weight excluding hydrogens is 488 g/mol. The van der Waals surface area contributed by atoms with Crippen molar-refractivity contribution in [2.75, 3.05) is 0 Å². The van der Waals surface area contributed by atoms with Gasteiger partial charge in [-0.25, -0.2) is 4.98 Å². The van der Waals surface area contributed by atoms with Crippen LogP contribution in [-0.2, 0) is 15.9 Å². The number of aromatic amines is 1. The largest absolute Gasteiger partial charge is 0.337 e. The van der Waals surface area contributed by atoms with Crippen molar-refractivity contribution < 1.29 is 5.11 Å². The number of aromatic nitrogens is 2. The van der Waals surface area contributed by atoms with Crippen LogP contribution in [0.3, 0.4) is 0 Å². The molecule has 40 heavy (non-hydrogen) atoms. The van der Waals surface area contributed by atoms with Crippen LogP contribution in [0.2, 0.25) is 0 Å². The summed E-state index contributed by atoms with van der Waals surface area (Å²) < 4.78 is 0. The Morgan fingerprint density at radius 2 is 1.10 bits per heavy atom. The van der Waals surface area contributed by atoms with Gasteiger partial charge < -0.3 is 4.98 Å². The van der Waals surface area contributed by atoms with Crippen LogP contribution in [0.4, 0.5) is 0 Å². The average molecular weight is 522 g/mol. The quantitative estimate of drug-likeness (QED) is 0.220. The molecule has 0 fully saturated rings. The number of rotatable bonds is 1. The maximum Gasteiger partial charge on any atom is 0.186 e. The zero-order valence-corrected chi connectivity index (χ0v) is 23.9. The number of H-pyrrole nitrogens is 1. The van der Waals surface area contributed by atoms with Crippen LogP contribution in [-0.4, -0.2) is 9.97 Å². The maximum absolute atomic E-state index is 13.5. The second-order valence-electron chi connectivity index (χ2n) is 12.1. The fraction of sp³-hybridized carbons (Fsp3) is 0.216. The molecule has 0 unspecified atom stereocenters. The molecule has 0 aliphatic heterocycles. The molecule has 0 aliphatic carbocycles. The highest BCUT2D eigenvalue weighted by atomic mass is 16.3. The molecule has 0 saturated heterocycles. The monoisotopic (exact) mass is 521 g/mol. The first-order valence-electron chi connectivity index (χ1n) is 13.5. The van der Waals surface area contributed by atoms with E-state index in [1.165, 1.54) is 0 Å². The first-order chi connectivity index (χ1) is 19.0. The fourth-order valence-corrected chi connectivity index (χ4v) is 4.64. The van der Waals surface area contributed by atoms with Gasteiger partial charge in [-0.1, -0.05) is 102 Å². The molecule has 5 aromatic rings. The van der Waals surface area contributed by atoms with Crippen LogP contribution in [0.25, 0.3) is 22.4 Å². The Bertz CT molecular complexity index is 1680. The third-order valence-corrected chi connectivity index (χ3v) is 6.85. The van der Waals surface area contributed by atoms with E-state index in [9.17, 15) is 5.11 Å². The Hall–Kier alpha value is -4.73. The minimum atomic E-state index is -0.308. The van der Waals surface area contributed by atoms with Crippen LogP contribution < -0.4 is 0 Å². The number of fused-ring (bicyclic) bond motifs is 1. The summed E-state index contributed by atoms with van der Waals surface area (Å²) in [6.07, 6.45) is 0. The van der Waals surface area contributed by atoms with Crippen molar-refractivity contribution in [2.24, 2.45) is 0 Å². The lowest BCUT2D eigenvalue weighted by Gasteiger charge is -2.26. The molecule has 5 rings (SSSR count). The van der Waals surface area contributed by atoms with Crippen LogP contribution in [0.1, 0.15) is 74.9 Å². The fourth-order valence-electron chi connectivity index (χ4n) is 4.64. The first-order valence-corrected chi connectivity index (χ1v) is 13.5. The highest BCUT2D eigenvalue weighted by molar-refractivity contribution is 5.90. The second kappa shape index (κ2) is 10.4. The van der Waals surface area contributed by atoms with Crippen LogP contribution in [0.5, 0.6) is 5.75 Å². The summed E-state index contributed by atoms with van der Waals surface area (Å²) in [5.74, 6) is 14.0. The maximum atomic E-state index is 13.5. The molecule has 0 aliphatic rings. The molecule has 3 heteroatoms. The van der Waals surface area contributed by atoms with Gasteiger partial charge in [0, 0.05) is 27.8 Å². The zero-order chi connectivity index (χ0) is 28.5. The summed E-state index contributed by atoms with van der Waals surface area (Å²) in [5.41, 5.74) is 6.97. The van der Waals surface area contributed by atoms with Gasteiger partial charge in [0.05, 0.1) is 16.6 Å². The van der Waals surface area contributed by atoms with Crippen molar-refractivity contribution in [3.63, 3.8) is 0 Å². The van der Waals surface area contributed by atoms with Crippen LogP contribution >= 0.6 is 0 Å². The van der Waals surface area contributed by atoms with Crippen molar-refractivity contribution in [3.05, 3.63) is 118 Å². The van der Waals surface area contributed by atoms with E-state index in [1.54, 1.807) is 0 Å². The van der Waals surface area contributed by atoms with E-state index in [-0.39, 0.29) is 16.6 Å². The second-order valence-corrected chi connectivity index (χ2v) is 12.1. The lowest BCUT2D eigenvalue weighted by atomic mass is 9.78. The number of imidazole rings is 1. The normalized spacial score (nSPS) is 11.4. The summed E-state index contributed by atoms with van der Waals surface area (Å²) in [4.78, 5) is 8.61. The van der Waals surface area contributed by atoms with E-state index in [1.807, 2.05) is 84.9 Å². The molecule has 4 aromatic carbocycles. The van der Waals surface area contributed by atoms with Crippen molar-refractivity contribution in [2.45, 2.75) is 52.4 Å². The Balaban J connectivity index is 1.73. The lowest BCUT2D eigenvalue weighted by Crippen LogP contribution is -2.17. The topological polar surface area (TPSA) is 48.6 Å². The van der Waals surface area contributed by atoms with Gasteiger partial charge in [-0.3, -0.25) is 5.11 Å². The molecule has 1 radical (unpaired) electrons. The Kier molecular flexibility index (Phi) is 7.01. The third-order valence-electron chi connectivity index (χ3n) is 6.85. The molecule has 197 valence electrons. The molecule has 1 aromatic heterocycles. The van der Waals surface area contributed by atoms with Crippen molar-refractivity contribution in [3.8, 4) is 40.8 Å². The molecule has 1 heterocycles. The van der Waals surface area contributed by atoms with E-state index < -0.39 is 0 Å². The number of benzene rings is 4. The predicted octanol–water partition coefficient (Wildman–Crippen LogP) is 8.77. The standard InChI is InChI=1S/C37H33N2O/c1-36(2,3)30-23-29(24-31(34(30)40)37(4,5)6)35-38-32-27(19-17-25-13-9-7-10-14-25)21-22-28(33(32)39-35)20-18-26-15-11-8-12-16-26/h7-16,21-24H,1-6H3,(H,38,39). The van der Waals surface area contributed by atoms with Gasteiger partial charge in [-0.05, 0) is 59.4 Å². The highest BCUT2D eigenvalue weighted by Gasteiger charge is 2.28. The molecule has 0 spiro atoms.